The van der Waals surface area contributed by atoms with Crippen LogP contribution in [0.15, 0.2) is 59.8 Å². The number of fused-ring (bicyclic) bond motifs is 1. The molecular formula is C23H26N4O6S. The number of carbonyl (C=O) groups excluding carboxylic acids is 1. The molecule has 2 heterocycles. The maximum atomic E-state index is 12.6. The molecule has 4 rings (SSSR count). The highest BCUT2D eigenvalue weighted by Gasteiger charge is 2.19. The highest BCUT2D eigenvalue weighted by Crippen LogP contribution is 2.31. The second-order valence-electron chi connectivity index (χ2n) is 7.62. The van der Waals surface area contributed by atoms with Crippen LogP contribution in [0.25, 0.3) is 0 Å². The average molecular weight is 487 g/mol. The fourth-order valence-electron chi connectivity index (χ4n) is 3.23. The zero-order valence-electron chi connectivity index (χ0n) is 18.7. The van der Waals surface area contributed by atoms with Gasteiger partial charge < -0.3 is 24.1 Å². The molecule has 1 amide bonds. The minimum absolute atomic E-state index is 0.0266. The lowest BCUT2D eigenvalue weighted by Gasteiger charge is -2.11. The van der Waals surface area contributed by atoms with Crippen LogP contribution in [0.2, 0.25) is 0 Å². The molecule has 180 valence electrons. The quantitative estimate of drug-likeness (QED) is 0.477. The molecule has 0 atom stereocenters. The molecule has 11 heteroatoms. The summed E-state index contributed by atoms with van der Waals surface area (Å²) >= 11 is 0. The topological polar surface area (TPSA) is 121 Å². The minimum atomic E-state index is -3.80. The number of nitrogens with one attached hydrogen (secondary N) is 2. The van der Waals surface area contributed by atoms with Crippen molar-refractivity contribution >= 4 is 21.6 Å². The Labute approximate surface area is 197 Å². The van der Waals surface area contributed by atoms with Crippen LogP contribution in [0.3, 0.4) is 0 Å². The molecule has 10 nitrogen and oxygen atoms in total. The Morgan fingerprint density at radius 3 is 2.62 bits per heavy atom. The zero-order chi connectivity index (χ0) is 24.0. The molecule has 1 aliphatic heterocycles. The van der Waals surface area contributed by atoms with Gasteiger partial charge in [-0.1, -0.05) is 0 Å². The molecule has 0 aliphatic carbocycles. The number of hydrogen-bond acceptors (Lipinski definition) is 7. The van der Waals surface area contributed by atoms with Gasteiger partial charge in [-0.25, -0.2) is 18.1 Å². The first-order chi connectivity index (χ1) is 16.4. The molecule has 2 aromatic carbocycles. The van der Waals surface area contributed by atoms with Crippen molar-refractivity contribution in [3.63, 3.8) is 0 Å². The van der Waals surface area contributed by atoms with Crippen molar-refractivity contribution in [3.8, 4) is 17.2 Å². The Bertz CT molecular complexity index is 1240. The normalized spacial score (nSPS) is 13.2. The molecule has 0 fully saturated rings. The number of aryl methyl sites for hydroxylation is 1. The molecule has 0 unspecified atom stereocenters. The van der Waals surface area contributed by atoms with Crippen LogP contribution in [0.4, 0.5) is 5.69 Å². The summed E-state index contributed by atoms with van der Waals surface area (Å²) in [5, 5.41) is 2.74. The lowest BCUT2D eigenvalue weighted by atomic mass is 10.3. The number of aromatic nitrogens is 2. The highest BCUT2D eigenvalue weighted by atomic mass is 32.2. The van der Waals surface area contributed by atoms with E-state index < -0.39 is 10.0 Å². The predicted octanol–water partition coefficient (Wildman–Crippen LogP) is 2.47. The molecule has 0 bridgehead atoms. The third kappa shape index (κ3) is 6.06. The third-order valence-corrected chi connectivity index (χ3v) is 6.56. The number of carbonyl (C=O) groups is 1. The standard InChI is InChI=1S/C23H26N4O6S/c1-27-12-11-24-22(27)16-33-18-5-3-17(4-6-18)26-23(28)9-10-25-34(29,30)19-7-8-20-21(15-19)32-14-2-13-31-20/h3-8,11-12,15,25H,2,9-10,13-14,16H2,1H3,(H,26,28). The van der Waals surface area contributed by atoms with Gasteiger partial charge in [-0.3, -0.25) is 4.79 Å². The van der Waals surface area contributed by atoms with Gasteiger partial charge in [0.2, 0.25) is 15.9 Å². The van der Waals surface area contributed by atoms with Gasteiger partial charge in [0.1, 0.15) is 18.2 Å². The van der Waals surface area contributed by atoms with E-state index in [-0.39, 0.29) is 23.8 Å². The summed E-state index contributed by atoms with van der Waals surface area (Å²) in [6.45, 7) is 1.26. The van der Waals surface area contributed by atoms with Gasteiger partial charge in [-0.15, -0.1) is 0 Å². The van der Waals surface area contributed by atoms with Crippen molar-refractivity contribution in [2.75, 3.05) is 25.1 Å². The summed E-state index contributed by atoms with van der Waals surface area (Å²) in [6, 6.07) is 11.4. The van der Waals surface area contributed by atoms with Crippen molar-refractivity contribution in [3.05, 3.63) is 60.7 Å². The van der Waals surface area contributed by atoms with Crippen LogP contribution in [-0.4, -0.2) is 43.6 Å². The first-order valence-corrected chi connectivity index (χ1v) is 12.3. The summed E-state index contributed by atoms with van der Waals surface area (Å²) in [6.07, 6.45) is 4.25. The van der Waals surface area contributed by atoms with E-state index in [1.54, 1.807) is 36.5 Å². The lowest BCUT2D eigenvalue weighted by molar-refractivity contribution is -0.116. The molecule has 34 heavy (non-hydrogen) atoms. The molecule has 0 radical (unpaired) electrons. The second-order valence-corrected chi connectivity index (χ2v) is 9.39. The molecule has 1 aromatic heterocycles. The van der Waals surface area contributed by atoms with Crippen molar-refractivity contribution in [1.82, 2.24) is 14.3 Å². The Hall–Kier alpha value is -3.57. The van der Waals surface area contributed by atoms with E-state index in [9.17, 15) is 13.2 Å². The maximum absolute atomic E-state index is 12.6. The van der Waals surface area contributed by atoms with Gasteiger partial charge in [0.25, 0.3) is 0 Å². The number of nitrogens with zero attached hydrogens (tertiary/aromatic N) is 2. The van der Waals surface area contributed by atoms with Crippen molar-refractivity contribution < 1.29 is 27.4 Å². The number of imidazole rings is 1. The largest absolute Gasteiger partial charge is 0.490 e. The molecule has 3 aromatic rings. The van der Waals surface area contributed by atoms with Gasteiger partial charge in [-0.2, -0.15) is 0 Å². The van der Waals surface area contributed by atoms with Crippen molar-refractivity contribution in [2.24, 2.45) is 7.05 Å². The van der Waals surface area contributed by atoms with Crippen LogP contribution < -0.4 is 24.2 Å². The van der Waals surface area contributed by atoms with Crippen molar-refractivity contribution in [1.29, 1.82) is 0 Å². The van der Waals surface area contributed by atoms with E-state index in [2.05, 4.69) is 15.0 Å². The molecular weight excluding hydrogens is 460 g/mol. The van der Waals surface area contributed by atoms with Crippen LogP contribution in [0.5, 0.6) is 17.2 Å². The summed E-state index contributed by atoms with van der Waals surface area (Å²) in [5.41, 5.74) is 0.583. The summed E-state index contributed by atoms with van der Waals surface area (Å²) in [4.78, 5) is 16.5. The van der Waals surface area contributed by atoms with E-state index in [0.29, 0.717) is 42.8 Å². The van der Waals surface area contributed by atoms with Gasteiger partial charge in [0.15, 0.2) is 11.5 Å². The van der Waals surface area contributed by atoms with Gasteiger partial charge in [0, 0.05) is 50.6 Å². The Morgan fingerprint density at radius 2 is 1.88 bits per heavy atom. The number of benzene rings is 2. The third-order valence-electron chi connectivity index (χ3n) is 5.10. The van der Waals surface area contributed by atoms with E-state index in [0.717, 1.165) is 12.2 Å². The number of hydrogen-bond donors (Lipinski definition) is 2. The molecule has 0 saturated heterocycles. The monoisotopic (exact) mass is 486 g/mol. The van der Waals surface area contributed by atoms with E-state index in [4.69, 9.17) is 14.2 Å². The molecule has 1 aliphatic rings. The smallest absolute Gasteiger partial charge is 0.240 e. The van der Waals surface area contributed by atoms with Crippen LogP contribution in [-0.2, 0) is 28.5 Å². The summed E-state index contributed by atoms with van der Waals surface area (Å²) < 4.78 is 46.3. The van der Waals surface area contributed by atoms with Crippen LogP contribution in [0, 0.1) is 0 Å². The zero-order valence-corrected chi connectivity index (χ0v) is 19.5. The Balaban J connectivity index is 1.24. The van der Waals surface area contributed by atoms with Gasteiger partial charge in [0.05, 0.1) is 18.1 Å². The Kier molecular flexibility index (Phi) is 7.33. The lowest BCUT2D eigenvalue weighted by Crippen LogP contribution is -2.27. The number of anilines is 1. The van der Waals surface area contributed by atoms with Gasteiger partial charge >= 0.3 is 0 Å². The first kappa shape index (κ1) is 23.6. The molecule has 0 spiro atoms. The minimum Gasteiger partial charge on any atom is -0.490 e. The SMILES string of the molecule is Cn1ccnc1COc1ccc(NC(=O)CCNS(=O)(=O)c2ccc3c(c2)OCCCO3)cc1. The van der Waals surface area contributed by atoms with Crippen molar-refractivity contribution in [2.45, 2.75) is 24.3 Å². The van der Waals surface area contributed by atoms with E-state index in [1.807, 2.05) is 17.8 Å². The van der Waals surface area contributed by atoms with E-state index >= 15 is 0 Å². The summed E-state index contributed by atoms with van der Waals surface area (Å²) in [7, 11) is -1.91. The number of sulfonamides is 1. The van der Waals surface area contributed by atoms with Gasteiger partial charge in [-0.05, 0) is 36.4 Å². The first-order valence-electron chi connectivity index (χ1n) is 10.8. The fraction of sp³-hybridized carbons (Fsp3) is 0.304. The maximum Gasteiger partial charge on any atom is 0.240 e. The fourth-order valence-corrected chi connectivity index (χ4v) is 4.28. The number of ether oxygens (including phenoxy) is 3. The van der Waals surface area contributed by atoms with Crippen LogP contribution in [0.1, 0.15) is 18.7 Å². The predicted molar refractivity (Wildman–Crippen MR) is 124 cm³/mol. The molecule has 2 N–H and O–H groups in total. The van der Waals surface area contributed by atoms with E-state index in [1.165, 1.54) is 12.1 Å². The summed E-state index contributed by atoms with van der Waals surface area (Å²) in [5.74, 6) is 2.04. The number of amides is 1. The average Bonchev–Trinajstić information content (AvgIpc) is 3.08. The Morgan fingerprint density at radius 1 is 1.12 bits per heavy atom. The second kappa shape index (κ2) is 10.6. The molecule has 0 saturated carbocycles. The highest BCUT2D eigenvalue weighted by molar-refractivity contribution is 7.89. The van der Waals surface area contributed by atoms with Crippen LogP contribution >= 0.6 is 0 Å². The number of rotatable bonds is 9.